The molecule has 5 aliphatic carbocycles. The molecule has 0 amide bonds. The Morgan fingerprint density at radius 3 is 2.15 bits per heavy atom. The molecule has 5 rings (SSSR count). The molecule has 192 valence electrons. The van der Waals surface area contributed by atoms with E-state index < -0.39 is 5.97 Å². The average Bonchev–Trinajstić information content (AvgIpc) is 2.72. The van der Waals surface area contributed by atoms with Crippen LogP contribution in [-0.4, -0.2) is 16.9 Å². The highest BCUT2D eigenvalue weighted by Gasteiger charge is 2.70. The van der Waals surface area contributed by atoms with Gasteiger partial charge in [-0.3, -0.25) is 9.59 Å². The van der Waals surface area contributed by atoms with Gasteiger partial charge in [0.25, 0.3) is 0 Å². The Kier molecular flexibility index (Phi) is 5.36. The Balaban J connectivity index is 1.54. The maximum Gasteiger partial charge on any atom is 0.303 e. The molecule has 0 spiro atoms. The topological polar surface area (TPSA) is 54.4 Å². The number of ketones is 1. The van der Waals surface area contributed by atoms with E-state index in [1.54, 1.807) is 0 Å². The third kappa shape index (κ3) is 3.13. The van der Waals surface area contributed by atoms with Gasteiger partial charge in [0.2, 0.25) is 0 Å². The second-order valence-corrected chi connectivity index (χ2v) is 15.7. The highest BCUT2D eigenvalue weighted by molar-refractivity contribution is 5.85. The van der Waals surface area contributed by atoms with Crippen molar-refractivity contribution < 1.29 is 14.7 Å². The second kappa shape index (κ2) is 7.34. The van der Waals surface area contributed by atoms with Crippen LogP contribution in [0.3, 0.4) is 0 Å². The van der Waals surface area contributed by atoms with E-state index in [9.17, 15) is 14.7 Å². The SMILES string of the molecule is CC1(C)CC[C@]2(CC(=O)O)CC[C@]3(C)[C@H](CC[C@@H]4[C@@]5(C)CCC(=O)C(C)(C)C5CC[C@]43C)[C@H]2C1. The lowest BCUT2D eigenvalue weighted by molar-refractivity contribution is -0.243. The van der Waals surface area contributed by atoms with E-state index in [-0.39, 0.29) is 27.1 Å². The standard InChI is InChI=1S/C31H50O3/c1-26(2)14-16-31(19-25(33)34)17-15-29(6)20(21(31)18-26)8-9-23-28(5)12-11-24(32)27(3,4)22(28)10-13-30(23,29)7/h20-23H,8-19H2,1-7H3,(H,33,34)/t20-,21-,22?,23-,28+,29-,30-,31-/m1/s1. The van der Waals surface area contributed by atoms with Crippen LogP contribution in [0.2, 0.25) is 0 Å². The average molecular weight is 471 g/mol. The zero-order chi connectivity index (χ0) is 24.9. The molecular weight excluding hydrogens is 420 g/mol. The number of aliphatic carboxylic acids is 1. The highest BCUT2D eigenvalue weighted by Crippen LogP contribution is 2.77. The lowest BCUT2D eigenvalue weighted by atomic mass is 9.31. The van der Waals surface area contributed by atoms with Crippen LogP contribution in [0.4, 0.5) is 0 Å². The minimum absolute atomic E-state index is 0.00901. The molecule has 5 fully saturated rings. The fraction of sp³-hybridized carbons (Fsp3) is 0.935. The van der Waals surface area contributed by atoms with Gasteiger partial charge in [0.1, 0.15) is 5.78 Å². The Bertz CT molecular complexity index is 887. The molecule has 0 saturated heterocycles. The molecule has 0 bridgehead atoms. The van der Waals surface area contributed by atoms with Crippen molar-refractivity contribution in [2.45, 2.75) is 126 Å². The summed E-state index contributed by atoms with van der Waals surface area (Å²) in [6.45, 7) is 17.1. The lowest BCUT2D eigenvalue weighted by Crippen LogP contribution is -2.67. The third-order valence-electron chi connectivity index (χ3n) is 13.7. The molecule has 5 saturated carbocycles. The van der Waals surface area contributed by atoms with Crippen molar-refractivity contribution in [1.82, 2.24) is 0 Å². The number of carbonyl (C=O) groups is 2. The van der Waals surface area contributed by atoms with Gasteiger partial charge >= 0.3 is 5.97 Å². The van der Waals surface area contributed by atoms with Gasteiger partial charge in [-0.05, 0) is 115 Å². The lowest BCUT2D eigenvalue weighted by Gasteiger charge is -2.73. The van der Waals surface area contributed by atoms with Crippen LogP contribution in [0.25, 0.3) is 0 Å². The number of Topliss-reactive ketones (excluding diaryl/α,β-unsaturated/α-hetero) is 1. The maximum atomic E-state index is 12.9. The first kappa shape index (κ1) is 24.8. The van der Waals surface area contributed by atoms with Gasteiger partial charge in [0.15, 0.2) is 0 Å². The number of rotatable bonds is 2. The van der Waals surface area contributed by atoms with Crippen LogP contribution in [0.15, 0.2) is 0 Å². The summed E-state index contributed by atoms with van der Waals surface area (Å²) in [6, 6.07) is 0. The Hall–Kier alpha value is -0.860. The first-order valence-electron chi connectivity index (χ1n) is 14.4. The van der Waals surface area contributed by atoms with Gasteiger partial charge < -0.3 is 5.11 Å². The van der Waals surface area contributed by atoms with E-state index >= 15 is 0 Å². The van der Waals surface area contributed by atoms with E-state index in [0.717, 1.165) is 25.7 Å². The van der Waals surface area contributed by atoms with Gasteiger partial charge in [-0.1, -0.05) is 48.5 Å². The largest absolute Gasteiger partial charge is 0.481 e. The minimum atomic E-state index is -0.588. The summed E-state index contributed by atoms with van der Waals surface area (Å²) in [4.78, 5) is 25.0. The Morgan fingerprint density at radius 1 is 0.794 bits per heavy atom. The molecule has 0 aromatic rings. The first-order chi connectivity index (χ1) is 15.6. The number of hydrogen-bond donors (Lipinski definition) is 1. The summed E-state index contributed by atoms with van der Waals surface area (Å²) in [7, 11) is 0. The molecule has 1 unspecified atom stereocenters. The summed E-state index contributed by atoms with van der Waals surface area (Å²) in [5, 5.41) is 9.93. The quantitative estimate of drug-likeness (QED) is 0.446. The molecule has 0 aromatic heterocycles. The van der Waals surface area contributed by atoms with Crippen LogP contribution in [-0.2, 0) is 9.59 Å². The molecule has 34 heavy (non-hydrogen) atoms. The second-order valence-electron chi connectivity index (χ2n) is 15.7. The molecule has 0 aliphatic heterocycles. The zero-order valence-electron chi connectivity index (χ0n) is 23.1. The molecular formula is C31H50O3. The maximum absolute atomic E-state index is 12.9. The summed E-state index contributed by atoms with van der Waals surface area (Å²) in [6.07, 6.45) is 12.9. The van der Waals surface area contributed by atoms with Gasteiger partial charge in [0.05, 0.1) is 6.42 Å². The summed E-state index contributed by atoms with van der Waals surface area (Å²) < 4.78 is 0. The van der Waals surface area contributed by atoms with E-state index in [4.69, 9.17) is 0 Å². The predicted molar refractivity (Wildman–Crippen MR) is 136 cm³/mol. The number of carboxylic acid groups (broad SMARTS) is 1. The number of carbonyl (C=O) groups excluding carboxylic acids is 1. The number of hydrogen-bond acceptors (Lipinski definition) is 2. The normalized spacial score (nSPS) is 51.4. The summed E-state index contributed by atoms with van der Waals surface area (Å²) in [5.41, 5.74) is 0.946. The van der Waals surface area contributed by atoms with Crippen molar-refractivity contribution in [3.63, 3.8) is 0 Å². The fourth-order valence-electron chi connectivity index (χ4n) is 11.6. The van der Waals surface area contributed by atoms with E-state index in [0.29, 0.717) is 41.3 Å². The minimum Gasteiger partial charge on any atom is -0.481 e. The molecule has 3 heteroatoms. The van der Waals surface area contributed by atoms with Crippen LogP contribution >= 0.6 is 0 Å². The van der Waals surface area contributed by atoms with Crippen molar-refractivity contribution in [3.05, 3.63) is 0 Å². The van der Waals surface area contributed by atoms with Crippen molar-refractivity contribution in [2.24, 2.45) is 56.2 Å². The van der Waals surface area contributed by atoms with Gasteiger partial charge in [-0.15, -0.1) is 0 Å². The molecule has 8 atom stereocenters. The van der Waals surface area contributed by atoms with Gasteiger partial charge in [-0.2, -0.15) is 0 Å². The van der Waals surface area contributed by atoms with E-state index in [1.165, 1.54) is 44.9 Å². The van der Waals surface area contributed by atoms with Crippen molar-refractivity contribution >= 4 is 11.8 Å². The number of fused-ring (bicyclic) bond motifs is 7. The van der Waals surface area contributed by atoms with Gasteiger partial charge in [0, 0.05) is 11.8 Å². The van der Waals surface area contributed by atoms with E-state index in [1.807, 2.05) is 0 Å². The summed E-state index contributed by atoms with van der Waals surface area (Å²) >= 11 is 0. The van der Waals surface area contributed by atoms with Crippen molar-refractivity contribution in [2.75, 3.05) is 0 Å². The monoisotopic (exact) mass is 470 g/mol. The van der Waals surface area contributed by atoms with Crippen LogP contribution in [0, 0.1) is 56.2 Å². The number of carboxylic acids is 1. The van der Waals surface area contributed by atoms with Crippen molar-refractivity contribution in [1.29, 1.82) is 0 Å². The molecule has 1 N–H and O–H groups in total. The Morgan fingerprint density at radius 2 is 1.47 bits per heavy atom. The fourth-order valence-corrected chi connectivity index (χ4v) is 11.6. The Labute approximate surface area is 208 Å². The van der Waals surface area contributed by atoms with E-state index in [2.05, 4.69) is 48.5 Å². The molecule has 3 nitrogen and oxygen atoms in total. The molecule has 0 heterocycles. The smallest absolute Gasteiger partial charge is 0.303 e. The predicted octanol–water partition coefficient (Wildman–Crippen LogP) is 7.91. The highest BCUT2D eigenvalue weighted by atomic mass is 16.4. The van der Waals surface area contributed by atoms with Crippen LogP contribution in [0.5, 0.6) is 0 Å². The first-order valence-corrected chi connectivity index (χ1v) is 14.4. The molecule has 0 aromatic carbocycles. The zero-order valence-corrected chi connectivity index (χ0v) is 23.1. The molecule has 0 radical (unpaired) electrons. The van der Waals surface area contributed by atoms with Crippen LogP contribution in [0.1, 0.15) is 126 Å². The molecule has 5 aliphatic rings. The van der Waals surface area contributed by atoms with Crippen LogP contribution < -0.4 is 0 Å². The van der Waals surface area contributed by atoms with Crippen molar-refractivity contribution in [3.8, 4) is 0 Å². The van der Waals surface area contributed by atoms with Gasteiger partial charge in [-0.25, -0.2) is 0 Å². The summed E-state index contributed by atoms with van der Waals surface area (Å²) in [5.74, 6) is 2.26. The third-order valence-corrected chi connectivity index (χ3v) is 13.7.